The summed E-state index contributed by atoms with van der Waals surface area (Å²) < 4.78 is 4.91. The van der Waals surface area contributed by atoms with Gasteiger partial charge in [0.1, 0.15) is 6.26 Å². The predicted molar refractivity (Wildman–Crippen MR) is 85.1 cm³/mol. The minimum absolute atomic E-state index is 0.175. The van der Waals surface area contributed by atoms with E-state index in [1.807, 2.05) is 29.2 Å². The molecule has 0 bridgehead atoms. The summed E-state index contributed by atoms with van der Waals surface area (Å²) in [4.78, 5) is 20.4. The van der Waals surface area contributed by atoms with Crippen molar-refractivity contribution in [2.24, 2.45) is 0 Å². The number of oxazole rings is 1. The van der Waals surface area contributed by atoms with Crippen LogP contribution >= 0.6 is 11.6 Å². The van der Waals surface area contributed by atoms with Crippen LogP contribution in [0, 0.1) is 0 Å². The van der Waals surface area contributed by atoms with Gasteiger partial charge in [0.05, 0.1) is 5.69 Å². The number of rotatable bonds is 4. The quantitative estimate of drug-likeness (QED) is 0.869. The molecule has 1 saturated heterocycles. The molecule has 0 aliphatic carbocycles. The zero-order chi connectivity index (χ0) is 15.4. The average Bonchev–Trinajstić information content (AvgIpc) is 3.06. The number of benzene rings is 1. The number of piperazine rings is 1. The van der Waals surface area contributed by atoms with Crippen LogP contribution in [-0.2, 0) is 11.2 Å². The first kappa shape index (κ1) is 14.9. The number of aryl methyl sites for hydroxylation is 1. The van der Waals surface area contributed by atoms with E-state index in [0.29, 0.717) is 12.8 Å². The Hall–Kier alpha value is -2.01. The molecule has 0 saturated carbocycles. The van der Waals surface area contributed by atoms with Crippen LogP contribution in [0.3, 0.4) is 0 Å². The Kier molecular flexibility index (Phi) is 4.63. The lowest BCUT2D eigenvalue weighted by molar-refractivity contribution is -0.131. The normalized spacial score (nSPS) is 15.1. The summed E-state index contributed by atoms with van der Waals surface area (Å²) in [6, 6.07) is 7.83. The third kappa shape index (κ3) is 3.60. The first-order chi connectivity index (χ1) is 10.7. The predicted octanol–water partition coefficient (Wildman–Crippen LogP) is 2.61. The fraction of sp³-hybridized carbons (Fsp3) is 0.375. The molecule has 116 valence electrons. The minimum atomic E-state index is 0.175. The number of carbonyl (C=O) groups excluding carboxylic acids is 1. The van der Waals surface area contributed by atoms with E-state index in [1.54, 1.807) is 6.26 Å². The van der Waals surface area contributed by atoms with Gasteiger partial charge in [0, 0.05) is 49.7 Å². The van der Waals surface area contributed by atoms with Crippen molar-refractivity contribution in [3.63, 3.8) is 0 Å². The van der Waals surface area contributed by atoms with E-state index in [2.05, 4.69) is 9.88 Å². The lowest BCUT2D eigenvalue weighted by atomic mass is 10.2. The highest BCUT2D eigenvalue weighted by atomic mass is 35.5. The van der Waals surface area contributed by atoms with Gasteiger partial charge in [-0.2, -0.15) is 0 Å². The summed E-state index contributed by atoms with van der Waals surface area (Å²) in [5.74, 6) is 0.175. The van der Waals surface area contributed by atoms with Gasteiger partial charge in [-0.05, 0) is 18.2 Å². The van der Waals surface area contributed by atoms with Gasteiger partial charge >= 0.3 is 0 Å². The van der Waals surface area contributed by atoms with Crippen LogP contribution in [-0.4, -0.2) is 42.0 Å². The standard InChI is InChI=1S/C16H18ClN3O2/c17-13-2-1-3-15(10-13)19-6-8-20(9-7-19)16(21)5-4-14-11-22-12-18-14/h1-3,10-12H,4-9H2. The van der Waals surface area contributed by atoms with E-state index in [1.165, 1.54) is 6.39 Å². The molecule has 1 aromatic carbocycles. The van der Waals surface area contributed by atoms with E-state index in [4.69, 9.17) is 16.0 Å². The number of aromatic nitrogens is 1. The second-order valence-corrected chi connectivity index (χ2v) is 5.76. The average molecular weight is 320 g/mol. The molecule has 0 spiro atoms. The van der Waals surface area contributed by atoms with Crippen molar-refractivity contribution in [1.82, 2.24) is 9.88 Å². The van der Waals surface area contributed by atoms with Crippen LogP contribution in [0.15, 0.2) is 41.3 Å². The smallest absolute Gasteiger partial charge is 0.223 e. The molecule has 0 N–H and O–H groups in total. The van der Waals surface area contributed by atoms with Crippen molar-refractivity contribution in [3.05, 3.63) is 47.6 Å². The van der Waals surface area contributed by atoms with E-state index in [-0.39, 0.29) is 5.91 Å². The molecule has 0 radical (unpaired) electrons. The Morgan fingerprint density at radius 2 is 2.09 bits per heavy atom. The maximum Gasteiger partial charge on any atom is 0.223 e. The van der Waals surface area contributed by atoms with Crippen LogP contribution in [0.25, 0.3) is 0 Å². The van der Waals surface area contributed by atoms with E-state index >= 15 is 0 Å². The highest BCUT2D eigenvalue weighted by molar-refractivity contribution is 6.30. The zero-order valence-electron chi connectivity index (χ0n) is 12.2. The third-order valence-corrected chi connectivity index (χ3v) is 4.12. The molecule has 0 atom stereocenters. The molecule has 1 aliphatic rings. The highest BCUT2D eigenvalue weighted by Crippen LogP contribution is 2.21. The molecule has 6 heteroatoms. The Morgan fingerprint density at radius 1 is 1.27 bits per heavy atom. The lowest BCUT2D eigenvalue weighted by Gasteiger charge is -2.36. The van der Waals surface area contributed by atoms with Crippen molar-refractivity contribution in [3.8, 4) is 0 Å². The van der Waals surface area contributed by atoms with Crippen LogP contribution in [0.4, 0.5) is 5.69 Å². The molecule has 22 heavy (non-hydrogen) atoms. The first-order valence-electron chi connectivity index (χ1n) is 7.38. The molecule has 2 aromatic rings. The molecule has 2 heterocycles. The Balaban J connectivity index is 1.49. The topological polar surface area (TPSA) is 49.6 Å². The van der Waals surface area contributed by atoms with Crippen LogP contribution in [0.5, 0.6) is 0 Å². The van der Waals surface area contributed by atoms with Gasteiger partial charge in [-0.1, -0.05) is 17.7 Å². The highest BCUT2D eigenvalue weighted by Gasteiger charge is 2.21. The number of halogens is 1. The third-order valence-electron chi connectivity index (χ3n) is 3.88. The van der Waals surface area contributed by atoms with Crippen LogP contribution in [0.2, 0.25) is 5.02 Å². The van der Waals surface area contributed by atoms with Crippen LogP contribution in [0.1, 0.15) is 12.1 Å². The molecule has 3 rings (SSSR count). The molecule has 0 unspecified atom stereocenters. The number of nitrogens with zero attached hydrogens (tertiary/aromatic N) is 3. The fourth-order valence-corrected chi connectivity index (χ4v) is 2.83. The van der Waals surface area contributed by atoms with Crippen molar-refractivity contribution in [2.45, 2.75) is 12.8 Å². The summed E-state index contributed by atoms with van der Waals surface area (Å²) in [5.41, 5.74) is 1.94. The molecule has 5 nitrogen and oxygen atoms in total. The van der Waals surface area contributed by atoms with Crippen molar-refractivity contribution in [1.29, 1.82) is 0 Å². The number of hydrogen-bond acceptors (Lipinski definition) is 4. The van der Waals surface area contributed by atoms with Gasteiger partial charge < -0.3 is 14.2 Å². The van der Waals surface area contributed by atoms with Crippen molar-refractivity contribution in [2.75, 3.05) is 31.1 Å². The first-order valence-corrected chi connectivity index (χ1v) is 7.75. The van der Waals surface area contributed by atoms with Crippen LogP contribution < -0.4 is 4.90 Å². The lowest BCUT2D eigenvalue weighted by Crippen LogP contribution is -2.48. The Morgan fingerprint density at radius 3 is 2.77 bits per heavy atom. The molecule has 1 aromatic heterocycles. The molecular weight excluding hydrogens is 302 g/mol. The van der Waals surface area contributed by atoms with E-state index in [0.717, 1.165) is 42.6 Å². The van der Waals surface area contributed by atoms with Gasteiger partial charge in [-0.15, -0.1) is 0 Å². The number of carbonyl (C=O) groups is 1. The Bertz CT molecular complexity index is 622. The Labute approximate surface area is 134 Å². The van der Waals surface area contributed by atoms with Gasteiger partial charge in [0.25, 0.3) is 0 Å². The summed E-state index contributed by atoms with van der Waals surface area (Å²) in [6.07, 6.45) is 4.08. The summed E-state index contributed by atoms with van der Waals surface area (Å²) in [6.45, 7) is 3.14. The van der Waals surface area contributed by atoms with E-state index < -0.39 is 0 Å². The summed E-state index contributed by atoms with van der Waals surface area (Å²) in [5, 5.41) is 0.739. The number of hydrogen-bond donors (Lipinski definition) is 0. The monoisotopic (exact) mass is 319 g/mol. The van der Waals surface area contributed by atoms with Crippen molar-refractivity contribution >= 4 is 23.2 Å². The maximum atomic E-state index is 12.2. The maximum absolute atomic E-state index is 12.2. The van der Waals surface area contributed by atoms with E-state index in [9.17, 15) is 4.79 Å². The molecule has 1 amide bonds. The fourth-order valence-electron chi connectivity index (χ4n) is 2.64. The molecule has 1 fully saturated rings. The minimum Gasteiger partial charge on any atom is -0.451 e. The zero-order valence-corrected chi connectivity index (χ0v) is 13.0. The van der Waals surface area contributed by atoms with Gasteiger partial charge in [-0.25, -0.2) is 4.98 Å². The molecule has 1 aliphatic heterocycles. The number of anilines is 1. The largest absolute Gasteiger partial charge is 0.451 e. The summed E-state index contributed by atoms with van der Waals surface area (Å²) >= 11 is 6.03. The van der Waals surface area contributed by atoms with Gasteiger partial charge in [0.2, 0.25) is 5.91 Å². The second-order valence-electron chi connectivity index (χ2n) is 5.33. The molecular formula is C16H18ClN3O2. The number of amides is 1. The van der Waals surface area contributed by atoms with Gasteiger partial charge in [0.15, 0.2) is 6.39 Å². The summed E-state index contributed by atoms with van der Waals surface area (Å²) in [7, 11) is 0. The van der Waals surface area contributed by atoms with Gasteiger partial charge in [-0.3, -0.25) is 4.79 Å². The second kappa shape index (κ2) is 6.83. The van der Waals surface area contributed by atoms with Crippen molar-refractivity contribution < 1.29 is 9.21 Å². The SMILES string of the molecule is O=C(CCc1cocn1)N1CCN(c2cccc(Cl)c2)CC1.